The minimum absolute atomic E-state index is 0.0726. The summed E-state index contributed by atoms with van der Waals surface area (Å²) < 4.78 is 0. The normalized spacial score (nSPS) is 11.4. The van der Waals surface area contributed by atoms with Crippen LogP contribution in [0.4, 0.5) is 11.9 Å². The van der Waals surface area contributed by atoms with Gasteiger partial charge in [-0.25, -0.2) is 9.97 Å². The topological polar surface area (TPSA) is 159 Å². The van der Waals surface area contributed by atoms with E-state index in [2.05, 4.69) is 30.6 Å². The Morgan fingerprint density at radius 2 is 1.31 bits per heavy atom. The molecule has 0 radical (unpaired) electrons. The molecule has 2 amide bonds. The maximum Gasteiger partial charge on any atom is 0.317 e. The predicted octanol–water partition coefficient (Wildman–Crippen LogP) is 1.33. The maximum absolute atomic E-state index is 12.5. The molecule has 35 heavy (non-hydrogen) atoms. The van der Waals surface area contributed by atoms with Crippen molar-refractivity contribution in [1.29, 1.82) is 0 Å². The number of carbonyl (C=O) groups is 3. The van der Waals surface area contributed by atoms with Gasteiger partial charge in [-0.05, 0) is 31.3 Å². The van der Waals surface area contributed by atoms with Gasteiger partial charge in [-0.3, -0.25) is 34.8 Å². The summed E-state index contributed by atoms with van der Waals surface area (Å²) in [6.45, 7) is 0.269. The van der Waals surface area contributed by atoms with Gasteiger partial charge in [0.2, 0.25) is 23.7 Å². The summed E-state index contributed by atoms with van der Waals surface area (Å²) in [5.41, 5.74) is 3.07. The molecule has 4 aromatic rings. The molecule has 2 aromatic carbocycles. The van der Waals surface area contributed by atoms with Crippen LogP contribution in [0.2, 0.25) is 0 Å². The number of aromatic amines is 2. The van der Waals surface area contributed by atoms with E-state index in [9.17, 15) is 19.5 Å². The first kappa shape index (κ1) is 23.9. The van der Waals surface area contributed by atoms with E-state index >= 15 is 0 Å². The molecule has 182 valence electrons. The summed E-state index contributed by atoms with van der Waals surface area (Å²) in [5, 5.41) is 14.6. The number of carboxylic acid groups (broad SMARTS) is 1. The number of nitrogens with zero attached hydrogens (tertiary/aromatic N) is 4. The van der Waals surface area contributed by atoms with Gasteiger partial charge in [0, 0.05) is 13.1 Å². The Morgan fingerprint density at radius 3 is 1.83 bits per heavy atom. The lowest BCUT2D eigenvalue weighted by molar-refractivity contribution is -0.138. The summed E-state index contributed by atoms with van der Waals surface area (Å²) in [7, 11) is 1.74. The van der Waals surface area contributed by atoms with Crippen LogP contribution in [0.5, 0.6) is 0 Å². The third-order valence-corrected chi connectivity index (χ3v) is 5.23. The number of hydrogen-bond donors (Lipinski definition) is 5. The minimum atomic E-state index is -1.05. The van der Waals surface area contributed by atoms with Crippen LogP contribution in [-0.4, -0.2) is 92.4 Å². The summed E-state index contributed by atoms with van der Waals surface area (Å²) in [4.78, 5) is 54.0. The largest absolute Gasteiger partial charge is 0.480 e. The van der Waals surface area contributed by atoms with Crippen molar-refractivity contribution in [3.8, 4) is 0 Å². The number of likely N-dealkylation sites (N-methyl/N-ethyl adjacent to an activating group) is 1. The number of anilines is 2. The van der Waals surface area contributed by atoms with Crippen LogP contribution >= 0.6 is 0 Å². The van der Waals surface area contributed by atoms with Crippen molar-refractivity contribution in [2.45, 2.75) is 0 Å². The van der Waals surface area contributed by atoms with E-state index in [1.54, 1.807) is 11.9 Å². The Balaban J connectivity index is 1.26. The van der Waals surface area contributed by atoms with Crippen molar-refractivity contribution in [2.75, 3.05) is 50.4 Å². The average molecular weight is 479 g/mol. The van der Waals surface area contributed by atoms with Crippen LogP contribution in [0.25, 0.3) is 22.1 Å². The second-order valence-corrected chi connectivity index (χ2v) is 8.14. The molecule has 12 nitrogen and oxygen atoms in total. The number of fused-ring (bicyclic) bond motifs is 2. The minimum Gasteiger partial charge on any atom is -0.480 e. The number of hydrogen-bond acceptors (Lipinski definition) is 7. The van der Waals surface area contributed by atoms with E-state index in [1.165, 1.54) is 4.90 Å². The maximum atomic E-state index is 12.5. The molecule has 0 fully saturated rings. The first-order valence-corrected chi connectivity index (χ1v) is 11.0. The smallest absolute Gasteiger partial charge is 0.317 e. The molecule has 0 aliphatic carbocycles. The monoisotopic (exact) mass is 478 g/mol. The van der Waals surface area contributed by atoms with Crippen LogP contribution in [0.3, 0.4) is 0 Å². The second kappa shape index (κ2) is 10.8. The summed E-state index contributed by atoms with van der Waals surface area (Å²) in [6.07, 6.45) is 0. The van der Waals surface area contributed by atoms with Crippen LogP contribution in [0, 0.1) is 0 Å². The molecule has 0 aliphatic heterocycles. The number of rotatable bonds is 11. The number of para-hydroxylation sites is 4. The molecule has 0 unspecified atom stereocenters. The molecule has 0 saturated heterocycles. The Hall–Kier alpha value is -4.29. The molecule has 0 saturated carbocycles. The van der Waals surface area contributed by atoms with Gasteiger partial charge in [-0.1, -0.05) is 24.3 Å². The van der Waals surface area contributed by atoms with E-state index < -0.39 is 11.9 Å². The number of carbonyl (C=O) groups excluding carboxylic acids is 2. The lowest BCUT2D eigenvalue weighted by Crippen LogP contribution is -2.42. The number of benzene rings is 2. The highest BCUT2D eigenvalue weighted by molar-refractivity contribution is 5.93. The fourth-order valence-electron chi connectivity index (χ4n) is 3.61. The standard InChI is InChI=1S/C23H26N8O4/c1-30(12-19(32)28-22-24-15-6-2-3-7-16(15)25-22)10-11-31(14-21(34)35)13-20(33)29-23-26-17-8-4-5-9-18(17)27-23/h2-9H,10-14H2,1H3,(H,34,35)(H2,24,25,28,32)(H2,26,27,29,33). The molecular formula is C23H26N8O4. The van der Waals surface area contributed by atoms with E-state index in [4.69, 9.17) is 0 Å². The zero-order chi connectivity index (χ0) is 24.8. The van der Waals surface area contributed by atoms with Gasteiger partial charge in [0.1, 0.15) is 0 Å². The van der Waals surface area contributed by atoms with Gasteiger partial charge < -0.3 is 15.1 Å². The van der Waals surface area contributed by atoms with Crippen molar-refractivity contribution in [3.05, 3.63) is 48.5 Å². The highest BCUT2D eigenvalue weighted by Crippen LogP contribution is 2.14. The number of H-pyrrole nitrogens is 2. The lowest BCUT2D eigenvalue weighted by Gasteiger charge is -2.23. The quantitative estimate of drug-likeness (QED) is 0.216. The Bertz CT molecular complexity index is 1280. The molecule has 4 rings (SSSR count). The first-order chi connectivity index (χ1) is 16.9. The van der Waals surface area contributed by atoms with Gasteiger partial charge in [-0.2, -0.15) is 0 Å². The highest BCUT2D eigenvalue weighted by atomic mass is 16.4. The molecule has 0 aliphatic rings. The number of nitrogens with one attached hydrogen (secondary N) is 4. The van der Waals surface area contributed by atoms with Gasteiger partial charge in [0.15, 0.2) is 0 Å². The third-order valence-electron chi connectivity index (χ3n) is 5.23. The molecule has 2 heterocycles. The van der Waals surface area contributed by atoms with E-state index in [1.807, 2.05) is 48.5 Å². The van der Waals surface area contributed by atoms with Crippen molar-refractivity contribution >= 4 is 51.7 Å². The zero-order valence-corrected chi connectivity index (χ0v) is 19.1. The Labute approximate surface area is 200 Å². The van der Waals surface area contributed by atoms with Gasteiger partial charge >= 0.3 is 5.97 Å². The molecule has 0 spiro atoms. The van der Waals surface area contributed by atoms with Crippen molar-refractivity contribution in [1.82, 2.24) is 29.7 Å². The molecule has 2 aromatic heterocycles. The van der Waals surface area contributed by atoms with E-state index in [0.29, 0.717) is 24.0 Å². The Morgan fingerprint density at radius 1 is 0.800 bits per heavy atom. The number of carboxylic acids is 1. The number of amides is 2. The number of aliphatic carboxylic acids is 1. The van der Waals surface area contributed by atoms with E-state index in [0.717, 1.165) is 16.6 Å². The zero-order valence-electron chi connectivity index (χ0n) is 19.1. The SMILES string of the molecule is CN(CCN(CC(=O)O)CC(=O)Nc1nc2ccccc2[nH]1)CC(=O)Nc1nc2ccccc2[nH]1. The summed E-state index contributed by atoms with van der Waals surface area (Å²) in [6, 6.07) is 14.8. The van der Waals surface area contributed by atoms with Crippen molar-refractivity contribution in [3.63, 3.8) is 0 Å². The van der Waals surface area contributed by atoms with Crippen LogP contribution in [0.1, 0.15) is 0 Å². The van der Waals surface area contributed by atoms with Crippen molar-refractivity contribution in [2.24, 2.45) is 0 Å². The molecule has 0 bridgehead atoms. The number of aromatic nitrogens is 4. The van der Waals surface area contributed by atoms with Crippen molar-refractivity contribution < 1.29 is 19.5 Å². The first-order valence-electron chi connectivity index (χ1n) is 11.0. The Kier molecular flexibility index (Phi) is 7.33. The lowest BCUT2D eigenvalue weighted by atomic mass is 10.3. The van der Waals surface area contributed by atoms with Gasteiger partial charge in [0.25, 0.3) is 0 Å². The second-order valence-electron chi connectivity index (χ2n) is 8.14. The summed E-state index contributed by atoms with van der Waals surface area (Å²) in [5.74, 6) is -1.05. The predicted molar refractivity (Wildman–Crippen MR) is 131 cm³/mol. The van der Waals surface area contributed by atoms with E-state index in [-0.39, 0.29) is 32.1 Å². The van der Waals surface area contributed by atoms with Gasteiger partial charge in [0.05, 0.1) is 41.7 Å². The number of imidazole rings is 2. The fraction of sp³-hybridized carbons (Fsp3) is 0.261. The van der Waals surface area contributed by atoms with Crippen LogP contribution in [0.15, 0.2) is 48.5 Å². The van der Waals surface area contributed by atoms with Crippen LogP contribution in [-0.2, 0) is 14.4 Å². The highest BCUT2D eigenvalue weighted by Gasteiger charge is 2.17. The fourth-order valence-corrected chi connectivity index (χ4v) is 3.61. The van der Waals surface area contributed by atoms with Gasteiger partial charge in [-0.15, -0.1) is 0 Å². The molecule has 0 atom stereocenters. The third kappa shape index (κ3) is 6.62. The summed E-state index contributed by atoms with van der Waals surface area (Å²) >= 11 is 0. The van der Waals surface area contributed by atoms with Crippen LogP contribution < -0.4 is 10.6 Å². The average Bonchev–Trinajstić information content (AvgIpc) is 3.39. The molecule has 5 N–H and O–H groups in total. The molecular weight excluding hydrogens is 452 g/mol. The molecule has 12 heteroatoms.